The smallest absolute Gasteiger partial charge is 0.144 e. The molecular weight excluding hydrogens is 222 g/mol. The van der Waals surface area contributed by atoms with Crippen LogP contribution in [0, 0.1) is 0 Å². The Hall–Kier alpha value is -2.08. The van der Waals surface area contributed by atoms with Gasteiger partial charge in [0.15, 0.2) is 0 Å². The van der Waals surface area contributed by atoms with E-state index in [1.165, 1.54) is 10.9 Å². The minimum atomic E-state index is -0.145. The van der Waals surface area contributed by atoms with Gasteiger partial charge in [-0.2, -0.15) is 0 Å². The minimum absolute atomic E-state index is 0.145. The number of aromatic nitrogens is 3. The van der Waals surface area contributed by atoms with Crippen LogP contribution < -0.4 is 9.47 Å². The third-order valence-corrected chi connectivity index (χ3v) is 2.40. The maximum Gasteiger partial charge on any atom is 0.144 e. The Kier molecular flexibility index (Phi) is 3.24. The van der Waals surface area contributed by atoms with E-state index >= 15 is 0 Å². The second-order valence-electron chi connectivity index (χ2n) is 3.33. The SMILES string of the molecule is COc1ccc(OC)c(-n2nncc2CO)c1. The molecule has 0 radical (unpaired) electrons. The largest absolute Gasteiger partial charge is 0.497 e. The second-order valence-corrected chi connectivity index (χ2v) is 3.33. The van der Waals surface area contributed by atoms with E-state index in [0.29, 0.717) is 22.9 Å². The molecule has 0 fully saturated rings. The third-order valence-electron chi connectivity index (χ3n) is 2.40. The van der Waals surface area contributed by atoms with E-state index in [1.54, 1.807) is 32.4 Å². The van der Waals surface area contributed by atoms with Gasteiger partial charge in [-0.25, -0.2) is 4.68 Å². The van der Waals surface area contributed by atoms with Gasteiger partial charge in [0.25, 0.3) is 0 Å². The van der Waals surface area contributed by atoms with Crippen molar-refractivity contribution >= 4 is 0 Å². The lowest BCUT2D eigenvalue weighted by atomic mass is 10.2. The number of benzene rings is 1. The van der Waals surface area contributed by atoms with Crippen LogP contribution in [0.25, 0.3) is 5.69 Å². The number of rotatable bonds is 4. The van der Waals surface area contributed by atoms with Crippen molar-refractivity contribution in [1.82, 2.24) is 15.0 Å². The summed E-state index contributed by atoms with van der Waals surface area (Å²) in [5.74, 6) is 1.31. The number of hydrogen-bond acceptors (Lipinski definition) is 5. The molecule has 0 aliphatic heterocycles. The average molecular weight is 235 g/mol. The Bertz CT molecular complexity index is 510. The highest BCUT2D eigenvalue weighted by atomic mass is 16.5. The normalized spacial score (nSPS) is 10.3. The number of aliphatic hydroxyl groups excluding tert-OH is 1. The summed E-state index contributed by atoms with van der Waals surface area (Å²) in [4.78, 5) is 0. The van der Waals surface area contributed by atoms with E-state index in [1.807, 2.05) is 0 Å². The van der Waals surface area contributed by atoms with Crippen LogP contribution >= 0.6 is 0 Å². The van der Waals surface area contributed by atoms with Gasteiger partial charge in [-0.05, 0) is 12.1 Å². The van der Waals surface area contributed by atoms with Crippen LogP contribution in [-0.2, 0) is 6.61 Å². The molecular formula is C11H13N3O3. The Labute approximate surface area is 98.4 Å². The quantitative estimate of drug-likeness (QED) is 0.848. The van der Waals surface area contributed by atoms with Crippen molar-refractivity contribution in [3.05, 3.63) is 30.1 Å². The van der Waals surface area contributed by atoms with Gasteiger partial charge >= 0.3 is 0 Å². The molecule has 0 aliphatic rings. The predicted molar refractivity (Wildman–Crippen MR) is 60.4 cm³/mol. The van der Waals surface area contributed by atoms with E-state index in [0.717, 1.165) is 0 Å². The van der Waals surface area contributed by atoms with Gasteiger partial charge in [0.1, 0.15) is 17.2 Å². The number of aliphatic hydroxyl groups is 1. The van der Waals surface area contributed by atoms with Gasteiger partial charge in [0.05, 0.1) is 32.7 Å². The first kappa shape index (κ1) is 11.4. The Balaban J connectivity index is 2.56. The summed E-state index contributed by atoms with van der Waals surface area (Å²) < 4.78 is 11.9. The molecule has 1 aromatic carbocycles. The van der Waals surface area contributed by atoms with Crippen LogP contribution in [-0.4, -0.2) is 34.3 Å². The third kappa shape index (κ3) is 2.07. The maximum atomic E-state index is 9.19. The van der Waals surface area contributed by atoms with E-state index in [-0.39, 0.29) is 6.61 Å². The molecule has 0 saturated heterocycles. The van der Waals surface area contributed by atoms with E-state index in [9.17, 15) is 5.11 Å². The molecule has 0 saturated carbocycles. The molecule has 0 aliphatic carbocycles. The van der Waals surface area contributed by atoms with Gasteiger partial charge in [-0.3, -0.25) is 0 Å². The van der Waals surface area contributed by atoms with Crippen molar-refractivity contribution in [2.45, 2.75) is 6.61 Å². The lowest BCUT2D eigenvalue weighted by Crippen LogP contribution is -2.04. The monoisotopic (exact) mass is 235 g/mol. The highest BCUT2D eigenvalue weighted by molar-refractivity contribution is 5.51. The van der Waals surface area contributed by atoms with E-state index in [4.69, 9.17) is 9.47 Å². The standard InChI is InChI=1S/C11H13N3O3/c1-16-9-3-4-11(17-2)10(5-9)14-8(7-15)6-12-13-14/h3-6,15H,7H2,1-2H3. The number of hydrogen-bond donors (Lipinski definition) is 1. The summed E-state index contributed by atoms with van der Waals surface area (Å²) >= 11 is 0. The van der Waals surface area contributed by atoms with Gasteiger partial charge in [0.2, 0.25) is 0 Å². The minimum Gasteiger partial charge on any atom is -0.497 e. The first-order valence-electron chi connectivity index (χ1n) is 5.03. The first-order valence-corrected chi connectivity index (χ1v) is 5.03. The Morgan fingerprint density at radius 3 is 2.76 bits per heavy atom. The molecule has 6 nitrogen and oxygen atoms in total. The molecule has 90 valence electrons. The zero-order valence-electron chi connectivity index (χ0n) is 9.62. The average Bonchev–Trinajstić information content (AvgIpc) is 2.86. The fraction of sp³-hybridized carbons (Fsp3) is 0.273. The summed E-state index contributed by atoms with van der Waals surface area (Å²) in [5.41, 5.74) is 1.25. The van der Waals surface area contributed by atoms with Gasteiger partial charge < -0.3 is 14.6 Å². The highest BCUT2D eigenvalue weighted by Crippen LogP contribution is 2.27. The number of methoxy groups -OCH3 is 2. The molecule has 0 unspecified atom stereocenters. The highest BCUT2D eigenvalue weighted by Gasteiger charge is 2.11. The molecule has 2 rings (SSSR count). The fourth-order valence-corrected chi connectivity index (χ4v) is 1.53. The molecule has 1 heterocycles. The second kappa shape index (κ2) is 4.84. The topological polar surface area (TPSA) is 69.4 Å². The fourth-order valence-electron chi connectivity index (χ4n) is 1.53. The van der Waals surface area contributed by atoms with Crippen LogP contribution in [0.3, 0.4) is 0 Å². The maximum absolute atomic E-state index is 9.19. The summed E-state index contributed by atoms with van der Waals surface area (Å²) in [5, 5.41) is 16.9. The van der Waals surface area contributed by atoms with Crippen LogP contribution in [0.4, 0.5) is 0 Å². The molecule has 0 bridgehead atoms. The van der Waals surface area contributed by atoms with Crippen LogP contribution in [0.2, 0.25) is 0 Å². The van der Waals surface area contributed by atoms with E-state index < -0.39 is 0 Å². The van der Waals surface area contributed by atoms with Crippen molar-refractivity contribution in [2.75, 3.05) is 14.2 Å². The molecule has 2 aromatic rings. The van der Waals surface area contributed by atoms with Gasteiger partial charge in [-0.15, -0.1) is 5.10 Å². The van der Waals surface area contributed by atoms with Crippen molar-refractivity contribution < 1.29 is 14.6 Å². The molecule has 1 aromatic heterocycles. The summed E-state index contributed by atoms with van der Waals surface area (Å²) in [6, 6.07) is 5.33. The van der Waals surface area contributed by atoms with Crippen LogP contribution in [0.5, 0.6) is 11.5 Å². The zero-order chi connectivity index (χ0) is 12.3. The Morgan fingerprint density at radius 1 is 1.29 bits per heavy atom. The first-order chi connectivity index (χ1) is 8.30. The Morgan fingerprint density at radius 2 is 2.12 bits per heavy atom. The van der Waals surface area contributed by atoms with Crippen LogP contribution in [0.1, 0.15) is 5.69 Å². The molecule has 0 atom stereocenters. The number of ether oxygens (including phenoxy) is 2. The van der Waals surface area contributed by atoms with Gasteiger partial charge in [0, 0.05) is 6.07 Å². The molecule has 6 heteroatoms. The molecule has 0 spiro atoms. The lowest BCUT2D eigenvalue weighted by molar-refractivity contribution is 0.272. The zero-order valence-corrected chi connectivity index (χ0v) is 9.62. The summed E-state index contributed by atoms with van der Waals surface area (Å²) in [7, 11) is 3.15. The molecule has 17 heavy (non-hydrogen) atoms. The molecule has 1 N–H and O–H groups in total. The summed E-state index contributed by atoms with van der Waals surface area (Å²) in [6.07, 6.45) is 1.50. The van der Waals surface area contributed by atoms with Crippen LogP contribution in [0.15, 0.2) is 24.4 Å². The number of nitrogens with zero attached hydrogens (tertiary/aromatic N) is 3. The van der Waals surface area contributed by atoms with Gasteiger partial charge in [-0.1, -0.05) is 5.21 Å². The molecule has 0 amide bonds. The summed E-state index contributed by atoms with van der Waals surface area (Å²) in [6.45, 7) is -0.145. The van der Waals surface area contributed by atoms with Crippen molar-refractivity contribution in [3.63, 3.8) is 0 Å². The van der Waals surface area contributed by atoms with Crippen molar-refractivity contribution in [2.24, 2.45) is 0 Å². The van der Waals surface area contributed by atoms with E-state index in [2.05, 4.69) is 10.3 Å². The predicted octanol–water partition coefficient (Wildman–Crippen LogP) is 0.777. The lowest BCUT2D eigenvalue weighted by Gasteiger charge is -2.11. The van der Waals surface area contributed by atoms with Crippen molar-refractivity contribution in [3.8, 4) is 17.2 Å². The van der Waals surface area contributed by atoms with Crippen molar-refractivity contribution in [1.29, 1.82) is 0 Å².